The summed E-state index contributed by atoms with van der Waals surface area (Å²) in [6, 6.07) is 4.21. The third-order valence-electron chi connectivity index (χ3n) is 1.89. The molecule has 1 aliphatic rings. The van der Waals surface area contributed by atoms with Crippen LogP contribution in [0.3, 0.4) is 0 Å². The fourth-order valence-electron chi connectivity index (χ4n) is 1.28. The van der Waals surface area contributed by atoms with Crippen LogP contribution in [-0.2, 0) is 13.1 Å². The third kappa shape index (κ3) is 1.39. The van der Waals surface area contributed by atoms with Crippen molar-refractivity contribution < 1.29 is 21.5 Å². The Morgan fingerprint density at radius 3 is 3.18 bits per heavy atom. The van der Waals surface area contributed by atoms with Crippen molar-refractivity contribution in [3.63, 3.8) is 0 Å². The Kier molecular flexibility index (Phi) is 2.09. The van der Waals surface area contributed by atoms with Crippen molar-refractivity contribution in [1.82, 2.24) is 8.10 Å². The number of hydrogen-bond donors (Lipinski definition) is 0. The van der Waals surface area contributed by atoms with E-state index >= 15 is 0 Å². The summed E-state index contributed by atoms with van der Waals surface area (Å²) in [7, 11) is 0. The minimum absolute atomic E-state index is 0.249. The first kappa shape index (κ1) is 7.49. The molecule has 1 aromatic heterocycles. The number of halogens is 1. The van der Waals surface area contributed by atoms with E-state index in [1.165, 1.54) is 11.3 Å². The topological polar surface area (TPSA) is 16.1 Å². The summed E-state index contributed by atoms with van der Waals surface area (Å²) in [5.41, 5.74) is 2.71. The quantitative estimate of drug-likeness (QED) is 0.331. The van der Waals surface area contributed by atoms with Crippen LogP contribution in [0.15, 0.2) is 18.3 Å². The fraction of sp³-hybridized carbons (Fsp3) is 0.375. The van der Waals surface area contributed by atoms with Crippen LogP contribution in [0.4, 0.5) is 0 Å². The molecule has 0 fully saturated rings. The van der Waals surface area contributed by atoms with Crippen LogP contribution in [0, 0.1) is 0 Å². The summed E-state index contributed by atoms with van der Waals surface area (Å²) >= 11 is 0.249. The van der Waals surface area contributed by atoms with Crippen molar-refractivity contribution in [3.8, 4) is 0 Å². The molecule has 0 radical (unpaired) electrons. The van der Waals surface area contributed by atoms with Gasteiger partial charge in [-0.1, -0.05) is 0 Å². The Bertz CT molecular complexity index is 237. The van der Waals surface area contributed by atoms with Gasteiger partial charge in [0.1, 0.15) is 0 Å². The van der Waals surface area contributed by atoms with Gasteiger partial charge in [0, 0.05) is 0 Å². The van der Waals surface area contributed by atoms with Crippen LogP contribution in [0.5, 0.6) is 0 Å². The normalized spacial score (nSPS) is 17.2. The second kappa shape index (κ2) is 3.06. The first-order chi connectivity index (χ1) is 5.40. The Hall–Kier alpha value is -0.160. The molecule has 0 amide bonds. The first-order valence-electron chi connectivity index (χ1n) is 3.57. The zero-order valence-corrected chi connectivity index (χ0v) is 8.58. The van der Waals surface area contributed by atoms with Crippen molar-refractivity contribution in [2.24, 2.45) is 0 Å². The Morgan fingerprint density at radius 2 is 2.45 bits per heavy atom. The number of aromatic nitrogens is 1. The van der Waals surface area contributed by atoms with E-state index < -0.39 is 0 Å². The van der Waals surface area contributed by atoms with Crippen molar-refractivity contribution in [1.29, 1.82) is 0 Å². The van der Waals surface area contributed by atoms with Crippen LogP contribution in [-0.4, -0.2) is 13.0 Å². The fourth-order valence-corrected chi connectivity index (χ4v) is 2.65. The summed E-state index contributed by atoms with van der Waals surface area (Å²) in [6.45, 7) is 2.22. The number of nitrogens with zero attached hydrogens (tertiary/aromatic N) is 2. The van der Waals surface area contributed by atoms with Gasteiger partial charge in [0.25, 0.3) is 0 Å². The molecule has 0 saturated carbocycles. The van der Waals surface area contributed by atoms with Crippen molar-refractivity contribution in [2.45, 2.75) is 13.1 Å². The number of hydrogen-bond acceptors (Lipinski definition) is 2. The van der Waals surface area contributed by atoms with Crippen molar-refractivity contribution in [2.75, 3.05) is 4.93 Å². The molecule has 1 aliphatic heterocycles. The zero-order valence-electron chi connectivity index (χ0n) is 6.42. The van der Waals surface area contributed by atoms with Gasteiger partial charge in [-0.2, -0.15) is 0 Å². The Morgan fingerprint density at radius 1 is 1.55 bits per heavy atom. The van der Waals surface area contributed by atoms with Gasteiger partial charge in [-0.05, 0) is 0 Å². The third-order valence-corrected chi connectivity index (χ3v) is 3.93. The molecule has 2 nitrogen and oxygen atoms in total. The molecule has 0 aliphatic carbocycles. The van der Waals surface area contributed by atoms with Crippen molar-refractivity contribution >= 4 is 0 Å². The summed E-state index contributed by atoms with van der Waals surface area (Å²) in [5.74, 6) is 0. The predicted molar refractivity (Wildman–Crippen MR) is 39.4 cm³/mol. The average Bonchev–Trinajstić information content (AvgIpc) is 2.46. The second-order valence-corrected chi connectivity index (χ2v) is 4.89. The number of alkyl halides is 1. The molecule has 3 heteroatoms. The van der Waals surface area contributed by atoms with Gasteiger partial charge in [0.15, 0.2) is 0 Å². The van der Waals surface area contributed by atoms with E-state index in [1.807, 2.05) is 12.3 Å². The summed E-state index contributed by atoms with van der Waals surface area (Å²) in [4.78, 5) is 6.63. The van der Waals surface area contributed by atoms with E-state index in [9.17, 15) is 0 Å². The Labute approximate surface area is 77.2 Å². The molecule has 0 atom stereocenters. The number of pyridine rings is 1. The van der Waals surface area contributed by atoms with E-state index in [2.05, 4.69) is 19.1 Å². The maximum absolute atomic E-state index is 4.33. The van der Waals surface area contributed by atoms with Gasteiger partial charge < -0.3 is 0 Å². The van der Waals surface area contributed by atoms with Gasteiger partial charge >= 0.3 is 77.2 Å². The molecule has 0 bridgehead atoms. The van der Waals surface area contributed by atoms with Gasteiger partial charge in [-0.25, -0.2) is 0 Å². The molecule has 60 valence electrons. The summed E-state index contributed by atoms with van der Waals surface area (Å²) in [6.07, 6.45) is 1.89. The number of fused-ring (bicyclic) bond motifs is 1. The van der Waals surface area contributed by atoms with Crippen LogP contribution in [0.25, 0.3) is 0 Å². The van der Waals surface area contributed by atoms with Gasteiger partial charge in [-0.3, -0.25) is 0 Å². The molecular weight excluding hydrogens is 251 g/mol. The summed E-state index contributed by atoms with van der Waals surface area (Å²) in [5, 5.41) is 0. The Balaban J connectivity index is 2.27. The molecule has 0 N–H and O–H groups in total. The average molecular weight is 261 g/mol. The molecule has 0 aromatic carbocycles. The van der Waals surface area contributed by atoms with Crippen LogP contribution in [0.1, 0.15) is 11.3 Å². The monoisotopic (exact) mass is 261 g/mol. The zero-order chi connectivity index (χ0) is 7.68. The molecular formula is C8H10IN2-. The second-order valence-electron chi connectivity index (χ2n) is 2.56. The molecule has 2 rings (SSSR count). The molecule has 11 heavy (non-hydrogen) atoms. The van der Waals surface area contributed by atoms with Gasteiger partial charge in [0.05, 0.1) is 0 Å². The maximum atomic E-state index is 4.33. The van der Waals surface area contributed by atoms with Gasteiger partial charge in [-0.15, -0.1) is 0 Å². The standard InChI is InChI=1S/C8H10IN2/c1-9-11-5-7-3-2-4-10-8(7)6-11/h2-4H,5-6H2,1H3/q-1. The number of rotatable bonds is 1. The molecule has 0 saturated heterocycles. The van der Waals surface area contributed by atoms with E-state index in [-0.39, 0.29) is 21.5 Å². The van der Waals surface area contributed by atoms with Gasteiger partial charge in [0.2, 0.25) is 0 Å². The molecule has 0 spiro atoms. The molecule has 0 unspecified atom stereocenters. The predicted octanol–water partition coefficient (Wildman–Crippen LogP) is -1.97. The van der Waals surface area contributed by atoms with Crippen LogP contribution < -0.4 is 21.5 Å². The first-order valence-corrected chi connectivity index (χ1v) is 6.70. The summed E-state index contributed by atoms with van der Waals surface area (Å²) < 4.78 is 2.50. The van der Waals surface area contributed by atoms with Crippen LogP contribution in [0.2, 0.25) is 0 Å². The minimum atomic E-state index is 0.249. The van der Waals surface area contributed by atoms with E-state index in [0.29, 0.717) is 0 Å². The van der Waals surface area contributed by atoms with E-state index in [0.717, 1.165) is 13.1 Å². The van der Waals surface area contributed by atoms with Crippen molar-refractivity contribution in [3.05, 3.63) is 29.6 Å². The molecule has 1 aromatic rings. The van der Waals surface area contributed by atoms with Crippen LogP contribution >= 0.6 is 0 Å². The van der Waals surface area contributed by atoms with E-state index in [4.69, 9.17) is 0 Å². The van der Waals surface area contributed by atoms with E-state index in [1.54, 1.807) is 0 Å². The molecule has 2 heterocycles. The SMILES string of the molecule is C[I-]N1Cc2cccnc2C1.